The quantitative estimate of drug-likeness (QED) is 0.824. The van der Waals surface area contributed by atoms with Crippen molar-refractivity contribution < 1.29 is 22.7 Å². The largest absolute Gasteiger partial charge is 0.434 e. The summed E-state index contributed by atoms with van der Waals surface area (Å²) < 4.78 is 46.2. The molecule has 1 saturated heterocycles. The Morgan fingerprint density at radius 2 is 1.97 bits per heavy atom. The summed E-state index contributed by atoms with van der Waals surface area (Å²) in [5, 5.41) is 3.12. The maximum Gasteiger partial charge on any atom is 0.434 e. The van der Waals surface area contributed by atoms with E-state index in [-0.39, 0.29) is 30.5 Å². The molecule has 1 aliphatic heterocycles. The van der Waals surface area contributed by atoms with Crippen molar-refractivity contribution in [3.05, 3.63) is 17.5 Å². The molecule has 6 nitrogen and oxygen atoms in total. The van der Waals surface area contributed by atoms with Gasteiger partial charge in [0, 0.05) is 25.3 Å². The Morgan fingerprint density at radius 3 is 2.55 bits per heavy atom. The van der Waals surface area contributed by atoms with Gasteiger partial charge in [0.05, 0.1) is 18.8 Å². The zero-order valence-electron chi connectivity index (χ0n) is 16.9. The standard InChI is InChI=1S/C20H27F3N4O2/c1-11-14-8-12(19(14,2)3)9-15(11)25-18-24-10-13(16(26-18)20(21,22)23)17(28)27-4-6-29-7-5-27/h10-12,14-15H,4-9H2,1-3H3,(H,24,25,26)/t11-,12+,14-,15-/m0/s1. The van der Waals surface area contributed by atoms with Crippen LogP contribution in [-0.4, -0.2) is 53.1 Å². The molecule has 3 aliphatic carbocycles. The highest BCUT2D eigenvalue weighted by Gasteiger charge is 2.56. The first-order chi connectivity index (χ1) is 13.6. The van der Waals surface area contributed by atoms with Crippen molar-refractivity contribution >= 4 is 11.9 Å². The van der Waals surface area contributed by atoms with Crippen molar-refractivity contribution in [2.24, 2.45) is 23.2 Å². The monoisotopic (exact) mass is 412 g/mol. The van der Waals surface area contributed by atoms with E-state index in [1.165, 1.54) is 11.3 Å². The molecule has 0 aromatic carbocycles. The van der Waals surface area contributed by atoms with Crippen molar-refractivity contribution in [3.8, 4) is 0 Å². The van der Waals surface area contributed by atoms with Crippen molar-refractivity contribution in [1.82, 2.24) is 14.9 Å². The van der Waals surface area contributed by atoms with Crippen LogP contribution in [0.4, 0.5) is 19.1 Å². The number of nitrogens with zero attached hydrogens (tertiary/aromatic N) is 3. The third kappa shape index (κ3) is 3.58. The Hall–Kier alpha value is -1.90. The van der Waals surface area contributed by atoms with E-state index in [1.807, 2.05) is 0 Å². The van der Waals surface area contributed by atoms with Gasteiger partial charge in [-0.2, -0.15) is 13.2 Å². The normalized spacial score (nSPS) is 31.2. The summed E-state index contributed by atoms with van der Waals surface area (Å²) in [5.41, 5.74) is -1.41. The van der Waals surface area contributed by atoms with E-state index >= 15 is 0 Å². The van der Waals surface area contributed by atoms with Crippen LogP contribution in [0.25, 0.3) is 0 Å². The first kappa shape index (κ1) is 20.4. The van der Waals surface area contributed by atoms with E-state index < -0.39 is 23.3 Å². The Labute approximate surface area is 168 Å². The molecule has 4 aliphatic rings. The molecule has 2 heterocycles. The average molecular weight is 412 g/mol. The summed E-state index contributed by atoms with van der Waals surface area (Å²) >= 11 is 0. The van der Waals surface area contributed by atoms with Crippen LogP contribution in [0, 0.1) is 23.2 Å². The SMILES string of the molecule is C[C@@H]1[C@@H](Nc2ncc(C(=O)N3CCOCC3)c(C(F)(F)F)n2)C[C@H]2C[C@@H]1C2(C)C. The van der Waals surface area contributed by atoms with Crippen molar-refractivity contribution in [2.75, 3.05) is 31.6 Å². The number of carbonyl (C=O) groups is 1. The van der Waals surface area contributed by atoms with Crippen LogP contribution in [-0.2, 0) is 10.9 Å². The summed E-state index contributed by atoms with van der Waals surface area (Å²) in [6.07, 6.45) is -1.66. The molecule has 0 unspecified atom stereocenters. The highest BCUT2D eigenvalue weighted by Crippen LogP contribution is 2.61. The number of carbonyl (C=O) groups excluding carboxylic acids is 1. The number of amides is 1. The zero-order chi connectivity index (χ0) is 21.0. The number of ether oxygens (including phenoxy) is 1. The van der Waals surface area contributed by atoms with Crippen LogP contribution >= 0.6 is 0 Å². The third-order valence-electron chi connectivity index (χ3n) is 7.25. The van der Waals surface area contributed by atoms with Gasteiger partial charge in [-0.15, -0.1) is 0 Å². The molecule has 0 spiro atoms. The number of nitrogens with one attached hydrogen (secondary N) is 1. The first-order valence-electron chi connectivity index (χ1n) is 10.2. The van der Waals surface area contributed by atoms with Gasteiger partial charge in [0.2, 0.25) is 5.95 Å². The lowest BCUT2D eigenvalue weighted by Gasteiger charge is -2.62. The molecule has 1 amide bonds. The molecule has 9 heteroatoms. The number of morpholine rings is 1. The van der Waals surface area contributed by atoms with Crippen LogP contribution in [0.3, 0.4) is 0 Å². The number of fused-ring (bicyclic) bond motifs is 2. The number of hydrogen-bond acceptors (Lipinski definition) is 5. The second-order valence-corrected chi connectivity index (χ2v) is 9.06. The molecule has 4 atom stereocenters. The molecule has 1 aromatic rings. The summed E-state index contributed by atoms with van der Waals surface area (Å²) in [7, 11) is 0. The summed E-state index contributed by atoms with van der Waals surface area (Å²) in [4.78, 5) is 21.8. The molecule has 1 N–H and O–H groups in total. The van der Waals surface area contributed by atoms with Crippen LogP contribution in [0.2, 0.25) is 0 Å². The smallest absolute Gasteiger partial charge is 0.378 e. The summed E-state index contributed by atoms with van der Waals surface area (Å²) in [6, 6.07) is 0.0358. The van der Waals surface area contributed by atoms with E-state index in [2.05, 4.69) is 36.1 Å². The Morgan fingerprint density at radius 1 is 1.28 bits per heavy atom. The minimum absolute atomic E-state index is 0.0358. The average Bonchev–Trinajstić information content (AvgIpc) is 2.68. The fourth-order valence-corrected chi connectivity index (χ4v) is 5.27. The van der Waals surface area contributed by atoms with Gasteiger partial charge in [-0.3, -0.25) is 4.79 Å². The van der Waals surface area contributed by atoms with Crippen LogP contribution < -0.4 is 5.32 Å². The van der Waals surface area contributed by atoms with Crippen LogP contribution in [0.1, 0.15) is 49.7 Å². The van der Waals surface area contributed by atoms with E-state index in [9.17, 15) is 18.0 Å². The van der Waals surface area contributed by atoms with Gasteiger partial charge in [0.15, 0.2) is 5.69 Å². The molecule has 1 aromatic heterocycles. The van der Waals surface area contributed by atoms with Gasteiger partial charge in [-0.05, 0) is 36.0 Å². The predicted molar refractivity (Wildman–Crippen MR) is 100 cm³/mol. The number of anilines is 1. The maximum atomic E-state index is 13.7. The van der Waals surface area contributed by atoms with E-state index in [0.717, 1.165) is 12.6 Å². The molecule has 3 saturated carbocycles. The van der Waals surface area contributed by atoms with Crippen LogP contribution in [0.5, 0.6) is 0 Å². The minimum atomic E-state index is -4.74. The fraction of sp³-hybridized carbons (Fsp3) is 0.750. The Bertz CT molecular complexity index is 792. The third-order valence-corrected chi connectivity index (χ3v) is 7.25. The molecule has 0 radical (unpaired) electrons. The number of rotatable bonds is 3. The van der Waals surface area contributed by atoms with Gasteiger partial charge in [0.25, 0.3) is 5.91 Å². The second kappa shape index (κ2) is 7.11. The van der Waals surface area contributed by atoms with Crippen molar-refractivity contribution in [3.63, 3.8) is 0 Å². The molecule has 160 valence electrons. The lowest BCUT2D eigenvalue weighted by atomic mass is 9.45. The fourth-order valence-electron chi connectivity index (χ4n) is 5.27. The minimum Gasteiger partial charge on any atom is -0.378 e. The highest BCUT2D eigenvalue weighted by molar-refractivity contribution is 5.95. The number of alkyl halides is 3. The highest BCUT2D eigenvalue weighted by atomic mass is 19.4. The van der Waals surface area contributed by atoms with E-state index in [0.29, 0.717) is 31.0 Å². The van der Waals surface area contributed by atoms with Gasteiger partial charge < -0.3 is 15.0 Å². The van der Waals surface area contributed by atoms with Crippen LogP contribution in [0.15, 0.2) is 6.20 Å². The van der Waals surface area contributed by atoms with Gasteiger partial charge in [0.1, 0.15) is 0 Å². The molecule has 2 bridgehead atoms. The summed E-state index contributed by atoms with van der Waals surface area (Å²) in [5.74, 6) is 0.657. The van der Waals surface area contributed by atoms with Gasteiger partial charge >= 0.3 is 6.18 Å². The van der Waals surface area contributed by atoms with E-state index in [4.69, 9.17) is 4.74 Å². The number of hydrogen-bond donors (Lipinski definition) is 1. The second-order valence-electron chi connectivity index (χ2n) is 9.06. The molecular weight excluding hydrogens is 385 g/mol. The summed E-state index contributed by atoms with van der Waals surface area (Å²) in [6.45, 7) is 7.81. The van der Waals surface area contributed by atoms with Crippen molar-refractivity contribution in [1.29, 1.82) is 0 Å². The Balaban J connectivity index is 1.56. The van der Waals surface area contributed by atoms with Gasteiger partial charge in [-0.25, -0.2) is 9.97 Å². The lowest BCUT2D eigenvalue weighted by molar-refractivity contribution is -0.141. The molecule has 4 fully saturated rings. The number of aromatic nitrogens is 2. The Kier molecular flexibility index (Phi) is 4.99. The van der Waals surface area contributed by atoms with Crippen molar-refractivity contribution in [2.45, 2.75) is 45.8 Å². The first-order valence-corrected chi connectivity index (χ1v) is 10.2. The molecule has 29 heavy (non-hydrogen) atoms. The van der Waals surface area contributed by atoms with E-state index in [1.54, 1.807) is 0 Å². The maximum absolute atomic E-state index is 13.7. The molecule has 5 rings (SSSR count). The molecular formula is C20H27F3N4O2. The van der Waals surface area contributed by atoms with Gasteiger partial charge in [-0.1, -0.05) is 20.8 Å². The zero-order valence-corrected chi connectivity index (χ0v) is 16.9. The predicted octanol–water partition coefficient (Wildman–Crippen LogP) is 3.45. The topological polar surface area (TPSA) is 67.4 Å². The lowest BCUT2D eigenvalue weighted by Crippen LogP contribution is -2.58. The number of halogens is 3.